The largest absolute Gasteiger partial charge is 0.350 e. The Kier molecular flexibility index (Phi) is 4.69. The summed E-state index contributed by atoms with van der Waals surface area (Å²) in [5.41, 5.74) is 8.24. The molecule has 0 radical (unpaired) electrons. The Hall–Kier alpha value is -2.32. The van der Waals surface area contributed by atoms with E-state index in [4.69, 9.17) is 0 Å². The molecule has 0 aliphatic carbocycles. The van der Waals surface area contributed by atoms with Crippen LogP contribution in [0.25, 0.3) is 0 Å². The molecule has 0 spiro atoms. The summed E-state index contributed by atoms with van der Waals surface area (Å²) in [4.78, 5) is 2.65. The van der Waals surface area contributed by atoms with Gasteiger partial charge in [-0.2, -0.15) is 0 Å². The highest BCUT2D eigenvalue weighted by molar-refractivity contribution is 5.33. The van der Waals surface area contributed by atoms with Gasteiger partial charge in [0.25, 0.3) is 0 Å². The molecule has 2 aromatic carbocycles. The number of hydrogen-bond donors (Lipinski definition) is 0. The van der Waals surface area contributed by atoms with Crippen molar-refractivity contribution < 1.29 is 0 Å². The third kappa shape index (κ3) is 3.47. The standard InChI is InChI=1S/C24H28N2/c1-18-7-9-22(10-8-18)24-23-6-4-11-25(23)12-5-13-26(24)17-21-15-19(2)14-20(3)16-21/h4,6-11,14-16,24H,5,12-13,17H2,1-3H3/t24-/m0/s1. The highest BCUT2D eigenvalue weighted by Crippen LogP contribution is 2.33. The van der Waals surface area contributed by atoms with Crippen molar-refractivity contribution in [2.24, 2.45) is 0 Å². The van der Waals surface area contributed by atoms with E-state index in [1.165, 1.54) is 39.9 Å². The van der Waals surface area contributed by atoms with Crippen LogP contribution >= 0.6 is 0 Å². The summed E-state index contributed by atoms with van der Waals surface area (Å²) >= 11 is 0. The Morgan fingerprint density at radius 3 is 2.31 bits per heavy atom. The second-order valence-electron chi connectivity index (χ2n) is 7.76. The molecule has 0 saturated carbocycles. The second kappa shape index (κ2) is 7.13. The van der Waals surface area contributed by atoms with Crippen LogP contribution < -0.4 is 0 Å². The van der Waals surface area contributed by atoms with Crippen molar-refractivity contribution in [3.8, 4) is 0 Å². The van der Waals surface area contributed by atoms with E-state index in [1.807, 2.05) is 0 Å². The van der Waals surface area contributed by atoms with E-state index in [2.05, 4.69) is 91.0 Å². The quantitative estimate of drug-likeness (QED) is 0.617. The number of nitrogens with zero attached hydrogens (tertiary/aromatic N) is 2. The minimum absolute atomic E-state index is 0.314. The third-order valence-corrected chi connectivity index (χ3v) is 5.41. The lowest BCUT2D eigenvalue weighted by Gasteiger charge is -2.31. The molecule has 2 nitrogen and oxygen atoms in total. The molecule has 1 atom stereocenters. The Balaban J connectivity index is 1.74. The molecule has 0 fully saturated rings. The first-order valence-corrected chi connectivity index (χ1v) is 9.63. The molecule has 0 saturated heterocycles. The fourth-order valence-electron chi connectivity index (χ4n) is 4.33. The first-order chi connectivity index (χ1) is 12.6. The fourth-order valence-corrected chi connectivity index (χ4v) is 4.33. The smallest absolute Gasteiger partial charge is 0.0759 e. The van der Waals surface area contributed by atoms with Crippen LogP contribution in [0.15, 0.2) is 60.8 Å². The Morgan fingerprint density at radius 1 is 0.846 bits per heavy atom. The maximum atomic E-state index is 2.65. The lowest BCUT2D eigenvalue weighted by atomic mass is 9.99. The molecule has 1 aliphatic heterocycles. The van der Waals surface area contributed by atoms with Crippen molar-refractivity contribution in [3.05, 3.63) is 94.3 Å². The van der Waals surface area contributed by atoms with Crippen LogP contribution in [0.2, 0.25) is 0 Å². The van der Waals surface area contributed by atoms with Gasteiger partial charge in [-0.25, -0.2) is 0 Å². The SMILES string of the molecule is Cc1ccc([C@H]2c3cccn3CCCN2Cc2cc(C)cc(C)c2)cc1. The molecular weight excluding hydrogens is 316 g/mol. The molecule has 2 heterocycles. The molecule has 134 valence electrons. The van der Waals surface area contributed by atoms with Gasteiger partial charge in [-0.1, -0.05) is 59.2 Å². The van der Waals surface area contributed by atoms with Gasteiger partial charge >= 0.3 is 0 Å². The molecule has 0 N–H and O–H groups in total. The van der Waals surface area contributed by atoms with Gasteiger partial charge in [0.15, 0.2) is 0 Å². The molecule has 0 bridgehead atoms. The Labute approximate surface area is 157 Å². The molecule has 2 heteroatoms. The van der Waals surface area contributed by atoms with Gasteiger partial charge in [0.2, 0.25) is 0 Å². The van der Waals surface area contributed by atoms with Crippen molar-refractivity contribution in [3.63, 3.8) is 0 Å². The Bertz CT molecular complexity index is 869. The summed E-state index contributed by atoms with van der Waals surface area (Å²) in [6, 6.07) is 20.8. The second-order valence-corrected chi connectivity index (χ2v) is 7.76. The van der Waals surface area contributed by atoms with E-state index in [0.717, 1.165) is 19.6 Å². The lowest BCUT2D eigenvalue weighted by Crippen LogP contribution is -2.29. The van der Waals surface area contributed by atoms with Crippen LogP contribution in [0.4, 0.5) is 0 Å². The molecule has 3 aromatic rings. The van der Waals surface area contributed by atoms with Gasteiger partial charge in [-0.15, -0.1) is 0 Å². The van der Waals surface area contributed by atoms with E-state index in [-0.39, 0.29) is 0 Å². The summed E-state index contributed by atoms with van der Waals surface area (Å²) in [7, 11) is 0. The minimum atomic E-state index is 0.314. The van der Waals surface area contributed by atoms with Crippen molar-refractivity contribution in [2.75, 3.05) is 6.54 Å². The van der Waals surface area contributed by atoms with Gasteiger partial charge in [0, 0.05) is 31.5 Å². The predicted molar refractivity (Wildman–Crippen MR) is 108 cm³/mol. The van der Waals surface area contributed by atoms with Gasteiger partial charge in [-0.3, -0.25) is 4.90 Å². The van der Waals surface area contributed by atoms with Crippen molar-refractivity contribution >= 4 is 0 Å². The number of benzene rings is 2. The van der Waals surface area contributed by atoms with Crippen LogP contribution in [0.1, 0.15) is 46.0 Å². The number of aromatic nitrogens is 1. The third-order valence-electron chi connectivity index (χ3n) is 5.41. The van der Waals surface area contributed by atoms with Gasteiger partial charge in [-0.05, 0) is 50.5 Å². The highest BCUT2D eigenvalue weighted by atomic mass is 15.2. The number of rotatable bonds is 3. The van der Waals surface area contributed by atoms with Crippen molar-refractivity contribution in [1.82, 2.24) is 9.47 Å². The maximum Gasteiger partial charge on any atom is 0.0759 e. The van der Waals surface area contributed by atoms with E-state index in [1.54, 1.807) is 0 Å². The maximum absolute atomic E-state index is 2.65. The van der Waals surface area contributed by atoms with Crippen LogP contribution in [-0.4, -0.2) is 16.0 Å². The van der Waals surface area contributed by atoms with Gasteiger partial charge < -0.3 is 4.57 Å². The topological polar surface area (TPSA) is 8.17 Å². The summed E-state index contributed by atoms with van der Waals surface area (Å²) in [6.07, 6.45) is 3.42. The van der Waals surface area contributed by atoms with E-state index in [0.29, 0.717) is 6.04 Å². The monoisotopic (exact) mass is 344 g/mol. The van der Waals surface area contributed by atoms with Crippen LogP contribution in [0.3, 0.4) is 0 Å². The first kappa shape index (κ1) is 17.1. The lowest BCUT2D eigenvalue weighted by molar-refractivity contribution is 0.220. The van der Waals surface area contributed by atoms with Gasteiger partial charge in [0.1, 0.15) is 0 Å². The van der Waals surface area contributed by atoms with Gasteiger partial charge in [0.05, 0.1) is 6.04 Å². The number of fused-ring (bicyclic) bond motifs is 1. The summed E-state index contributed by atoms with van der Waals surface area (Å²) < 4.78 is 2.44. The van der Waals surface area contributed by atoms with Crippen molar-refractivity contribution in [2.45, 2.75) is 46.3 Å². The molecule has 0 unspecified atom stereocenters. The average Bonchev–Trinajstić information content (AvgIpc) is 2.97. The van der Waals surface area contributed by atoms with Crippen LogP contribution in [0.5, 0.6) is 0 Å². The zero-order valence-corrected chi connectivity index (χ0v) is 16.1. The summed E-state index contributed by atoms with van der Waals surface area (Å²) in [6.45, 7) is 9.77. The molecule has 1 aliphatic rings. The fraction of sp³-hybridized carbons (Fsp3) is 0.333. The molecular formula is C24H28N2. The number of hydrogen-bond acceptors (Lipinski definition) is 1. The van der Waals surface area contributed by atoms with Crippen LogP contribution in [0, 0.1) is 20.8 Å². The van der Waals surface area contributed by atoms with E-state index in [9.17, 15) is 0 Å². The zero-order valence-electron chi connectivity index (χ0n) is 16.1. The molecule has 4 rings (SSSR count). The molecule has 0 amide bonds. The van der Waals surface area contributed by atoms with E-state index < -0.39 is 0 Å². The highest BCUT2D eigenvalue weighted by Gasteiger charge is 2.27. The Morgan fingerprint density at radius 2 is 1.58 bits per heavy atom. The predicted octanol–water partition coefficient (Wildman–Crippen LogP) is 5.41. The van der Waals surface area contributed by atoms with E-state index >= 15 is 0 Å². The summed E-state index contributed by atoms with van der Waals surface area (Å²) in [5.74, 6) is 0. The summed E-state index contributed by atoms with van der Waals surface area (Å²) in [5, 5.41) is 0. The zero-order chi connectivity index (χ0) is 18.1. The van der Waals surface area contributed by atoms with Crippen molar-refractivity contribution in [1.29, 1.82) is 0 Å². The minimum Gasteiger partial charge on any atom is -0.350 e. The molecule has 26 heavy (non-hydrogen) atoms. The first-order valence-electron chi connectivity index (χ1n) is 9.63. The average molecular weight is 345 g/mol. The number of aryl methyl sites for hydroxylation is 4. The normalized spacial score (nSPS) is 17.7. The van der Waals surface area contributed by atoms with Crippen LogP contribution in [-0.2, 0) is 13.1 Å². The molecule has 1 aromatic heterocycles.